The minimum Gasteiger partial charge on any atom is -0.480 e. The Bertz CT molecular complexity index is 591. The van der Waals surface area contributed by atoms with Crippen molar-refractivity contribution in [2.75, 3.05) is 0 Å². The number of aliphatic carboxylic acids is 1. The van der Waals surface area contributed by atoms with Gasteiger partial charge in [0.15, 0.2) is 0 Å². The van der Waals surface area contributed by atoms with Crippen LogP contribution in [0.4, 0.5) is 0 Å². The highest BCUT2D eigenvalue weighted by atomic mass is 32.1. The molecule has 5 nitrogen and oxygen atoms in total. The lowest BCUT2D eigenvalue weighted by molar-refractivity contribution is -0.141. The van der Waals surface area contributed by atoms with Gasteiger partial charge in [0.1, 0.15) is 6.04 Å². The van der Waals surface area contributed by atoms with E-state index in [2.05, 4.69) is 10.3 Å². The highest BCUT2D eigenvalue weighted by Gasteiger charge is 2.13. The van der Waals surface area contributed by atoms with E-state index in [9.17, 15) is 9.59 Å². The van der Waals surface area contributed by atoms with E-state index in [0.29, 0.717) is 12.8 Å². The summed E-state index contributed by atoms with van der Waals surface area (Å²) >= 11 is 1.63. The topological polar surface area (TPSA) is 79.3 Å². The van der Waals surface area contributed by atoms with E-state index in [4.69, 9.17) is 5.11 Å². The van der Waals surface area contributed by atoms with E-state index in [-0.39, 0.29) is 5.91 Å². The number of aromatic nitrogens is 1. The Morgan fingerprint density at radius 1 is 1.40 bits per heavy atom. The number of nitrogens with zero attached hydrogens (tertiary/aromatic N) is 1. The Hall–Kier alpha value is -1.95. The number of carboxylic acid groups (broad SMARTS) is 1. The summed E-state index contributed by atoms with van der Waals surface area (Å²) in [7, 11) is 0. The van der Waals surface area contributed by atoms with Crippen LogP contribution in [0.5, 0.6) is 0 Å². The number of thiazole rings is 1. The lowest BCUT2D eigenvalue weighted by Gasteiger charge is -2.08. The van der Waals surface area contributed by atoms with Crippen LogP contribution in [0.1, 0.15) is 24.8 Å². The molecule has 6 heteroatoms. The standard InChI is InChI=1S/C14H16N2O3S/c1-9(14(18)19)15-12(17)7-4-8-13-16-10-5-2-3-6-11(10)20-13/h2-3,5-6,9H,4,7-8H2,1H3,(H,15,17)(H,18,19)/t9-/m1/s1. The zero-order valence-electron chi connectivity index (χ0n) is 11.1. The molecule has 20 heavy (non-hydrogen) atoms. The smallest absolute Gasteiger partial charge is 0.325 e. The van der Waals surface area contributed by atoms with Crippen LogP contribution in [-0.2, 0) is 16.0 Å². The molecule has 2 N–H and O–H groups in total. The zero-order chi connectivity index (χ0) is 14.5. The third kappa shape index (κ3) is 3.77. The number of nitrogens with one attached hydrogen (secondary N) is 1. The Morgan fingerprint density at radius 3 is 2.85 bits per heavy atom. The van der Waals surface area contributed by atoms with Gasteiger partial charge in [-0.1, -0.05) is 12.1 Å². The number of fused-ring (bicyclic) bond motifs is 1. The summed E-state index contributed by atoms with van der Waals surface area (Å²) in [5, 5.41) is 12.1. The molecule has 0 radical (unpaired) electrons. The molecule has 1 aromatic carbocycles. The molecule has 0 aliphatic carbocycles. The molecule has 1 heterocycles. The van der Waals surface area contributed by atoms with Gasteiger partial charge < -0.3 is 10.4 Å². The average Bonchev–Trinajstić information content (AvgIpc) is 2.81. The van der Waals surface area contributed by atoms with Crippen LogP contribution in [0.15, 0.2) is 24.3 Å². The van der Waals surface area contributed by atoms with Gasteiger partial charge in [-0.3, -0.25) is 9.59 Å². The SMILES string of the molecule is C[C@@H](NC(=O)CCCc1nc2ccccc2s1)C(=O)O. The lowest BCUT2D eigenvalue weighted by Crippen LogP contribution is -2.38. The first-order valence-electron chi connectivity index (χ1n) is 6.43. The van der Waals surface area contributed by atoms with E-state index in [1.807, 2.05) is 24.3 Å². The van der Waals surface area contributed by atoms with Gasteiger partial charge >= 0.3 is 5.97 Å². The summed E-state index contributed by atoms with van der Waals surface area (Å²) in [6.07, 6.45) is 1.71. The predicted octanol–water partition coefficient (Wildman–Crippen LogP) is 2.21. The van der Waals surface area contributed by atoms with Crippen LogP contribution < -0.4 is 5.32 Å². The summed E-state index contributed by atoms with van der Waals surface area (Å²) in [6.45, 7) is 1.45. The molecule has 0 saturated carbocycles. The van der Waals surface area contributed by atoms with Crippen LogP contribution in [0, 0.1) is 0 Å². The van der Waals surface area contributed by atoms with Crippen LogP contribution in [0.2, 0.25) is 0 Å². The molecule has 106 valence electrons. The highest BCUT2D eigenvalue weighted by molar-refractivity contribution is 7.18. The van der Waals surface area contributed by atoms with Gasteiger partial charge in [-0.05, 0) is 31.9 Å². The normalized spacial score (nSPS) is 12.2. The van der Waals surface area contributed by atoms with Gasteiger partial charge in [-0.15, -0.1) is 11.3 Å². The van der Waals surface area contributed by atoms with Crippen LogP contribution >= 0.6 is 11.3 Å². The molecule has 0 saturated heterocycles. The monoisotopic (exact) mass is 292 g/mol. The Balaban J connectivity index is 1.81. The molecule has 0 spiro atoms. The Morgan fingerprint density at radius 2 is 2.15 bits per heavy atom. The van der Waals surface area contributed by atoms with Crippen LogP contribution in [-0.4, -0.2) is 28.0 Å². The van der Waals surface area contributed by atoms with Crippen molar-refractivity contribution in [2.45, 2.75) is 32.2 Å². The molecule has 0 aliphatic heterocycles. The largest absolute Gasteiger partial charge is 0.480 e. The van der Waals surface area contributed by atoms with Crippen molar-refractivity contribution in [3.8, 4) is 0 Å². The van der Waals surface area contributed by atoms with Crippen molar-refractivity contribution in [3.05, 3.63) is 29.3 Å². The molecule has 2 rings (SSSR count). The number of carbonyl (C=O) groups is 2. The second-order valence-electron chi connectivity index (χ2n) is 4.56. The first-order valence-corrected chi connectivity index (χ1v) is 7.24. The predicted molar refractivity (Wildman–Crippen MR) is 77.8 cm³/mol. The van der Waals surface area contributed by atoms with Crippen molar-refractivity contribution in [3.63, 3.8) is 0 Å². The van der Waals surface area contributed by atoms with E-state index >= 15 is 0 Å². The minimum absolute atomic E-state index is 0.235. The van der Waals surface area contributed by atoms with E-state index < -0.39 is 12.0 Å². The number of para-hydroxylation sites is 1. The summed E-state index contributed by atoms with van der Waals surface area (Å²) < 4.78 is 1.14. The minimum atomic E-state index is -1.02. The van der Waals surface area contributed by atoms with Crippen LogP contribution in [0.3, 0.4) is 0 Å². The summed E-state index contributed by atoms with van der Waals surface area (Å²) in [4.78, 5) is 26.6. The Labute approximate surface area is 120 Å². The third-order valence-electron chi connectivity index (χ3n) is 2.88. The maximum Gasteiger partial charge on any atom is 0.325 e. The molecule has 1 aromatic heterocycles. The molecule has 1 atom stereocenters. The number of amides is 1. The van der Waals surface area contributed by atoms with Gasteiger partial charge in [0.05, 0.1) is 15.2 Å². The highest BCUT2D eigenvalue weighted by Crippen LogP contribution is 2.22. The molecule has 0 aliphatic rings. The Kier molecular flexibility index (Phi) is 4.68. The van der Waals surface area contributed by atoms with Crippen molar-refractivity contribution in [1.82, 2.24) is 10.3 Å². The second-order valence-corrected chi connectivity index (χ2v) is 5.67. The molecule has 0 bridgehead atoms. The molecule has 0 unspecified atom stereocenters. The molecular weight excluding hydrogens is 276 g/mol. The number of hydrogen-bond donors (Lipinski definition) is 2. The van der Waals surface area contributed by atoms with Gasteiger partial charge in [0.25, 0.3) is 0 Å². The molecule has 0 fully saturated rings. The maximum absolute atomic E-state index is 11.5. The van der Waals surface area contributed by atoms with Crippen molar-refractivity contribution >= 4 is 33.4 Å². The van der Waals surface area contributed by atoms with Gasteiger partial charge in [-0.25, -0.2) is 4.98 Å². The van der Waals surface area contributed by atoms with Gasteiger partial charge in [0, 0.05) is 6.42 Å². The molecular formula is C14H16N2O3S. The quantitative estimate of drug-likeness (QED) is 0.855. The molecule has 2 aromatic rings. The third-order valence-corrected chi connectivity index (χ3v) is 3.98. The van der Waals surface area contributed by atoms with E-state index in [1.165, 1.54) is 6.92 Å². The van der Waals surface area contributed by atoms with Crippen molar-refractivity contribution < 1.29 is 14.7 Å². The summed E-state index contributed by atoms with van der Waals surface area (Å²) in [5.74, 6) is -1.26. The zero-order valence-corrected chi connectivity index (χ0v) is 11.9. The van der Waals surface area contributed by atoms with Crippen molar-refractivity contribution in [2.24, 2.45) is 0 Å². The number of benzene rings is 1. The van der Waals surface area contributed by atoms with Crippen LogP contribution in [0.25, 0.3) is 10.2 Å². The number of rotatable bonds is 6. The average molecular weight is 292 g/mol. The fourth-order valence-corrected chi connectivity index (χ4v) is 2.81. The summed E-state index contributed by atoms with van der Waals surface area (Å²) in [5.41, 5.74) is 0.983. The lowest BCUT2D eigenvalue weighted by atomic mass is 10.2. The van der Waals surface area contributed by atoms with Crippen molar-refractivity contribution in [1.29, 1.82) is 0 Å². The van der Waals surface area contributed by atoms with Gasteiger partial charge in [0.2, 0.25) is 5.91 Å². The number of carboxylic acids is 1. The molecule has 1 amide bonds. The van der Waals surface area contributed by atoms with E-state index in [1.54, 1.807) is 11.3 Å². The number of hydrogen-bond acceptors (Lipinski definition) is 4. The first-order chi connectivity index (χ1) is 9.56. The van der Waals surface area contributed by atoms with Gasteiger partial charge in [-0.2, -0.15) is 0 Å². The fourth-order valence-electron chi connectivity index (χ4n) is 1.80. The second kappa shape index (κ2) is 6.47. The number of carbonyl (C=O) groups excluding carboxylic acids is 1. The fraction of sp³-hybridized carbons (Fsp3) is 0.357. The first kappa shape index (κ1) is 14.5. The van der Waals surface area contributed by atoms with E-state index in [0.717, 1.165) is 21.6 Å². The summed E-state index contributed by atoms with van der Waals surface area (Å²) in [6, 6.07) is 7.08. The number of aryl methyl sites for hydroxylation is 1. The maximum atomic E-state index is 11.5.